The van der Waals surface area contributed by atoms with Crippen molar-refractivity contribution in [3.63, 3.8) is 0 Å². The second-order valence-electron chi connectivity index (χ2n) is 3.42. The van der Waals surface area contributed by atoms with Crippen LogP contribution in [0.1, 0.15) is 17.5 Å². The van der Waals surface area contributed by atoms with E-state index < -0.39 is 0 Å². The van der Waals surface area contributed by atoms with Gasteiger partial charge in [-0.15, -0.1) is 15.7 Å². The Bertz CT molecular complexity index is 293. The summed E-state index contributed by atoms with van der Waals surface area (Å²) in [5, 5.41) is 1.27. The van der Waals surface area contributed by atoms with Crippen LogP contribution < -0.4 is 5.30 Å². The minimum atomic E-state index is 0. The van der Waals surface area contributed by atoms with Crippen LogP contribution in [0.4, 0.5) is 0 Å². The molecule has 1 aliphatic rings. The molecule has 1 aromatic rings. The molecule has 0 aliphatic heterocycles. The fraction of sp³-hybridized carbons (Fsp3) is 0.231. The van der Waals surface area contributed by atoms with Crippen LogP contribution >= 0.6 is 9.24 Å². The molecule has 0 saturated heterocycles. The molecule has 1 unspecified atom stereocenters. The largest absolute Gasteiger partial charge is 1.00 e. The van der Waals surface area contributed by atoms with Gasteiger partial charge in [0, 0.05) is 0 Å². The van der Waals surface area contributed by atoms with Crippen LogP contribution in [0.15, 0.2) is 36.4 Å². The van der Waals surface area contributed by atoms with Crippen molar-refractivity contribution in [1.82, 2.24) is 0 Å². The molecule has 2 heteroatoms. The molecular weight excluding hydrogens is 288 g/mol. The first-order chi connectivity index (χ1) is 6.68. The van der Waals surface area contributed by atoms with Crippen LogP contribution in [0, 0.1) is 19.9 Å². The molecule has 0 fully saturated rings. The average molecular weight is 304 g/mol. The summed E-state index contributed by atoms with van der Waals surface area (Å²) in [6.45, 7) is 4.22. The number of hydrogen-bond donors (Lipinski definition) is 0. The first kappa shape index (κ1) is 14.8. The summed E-state index contributed by atoms with van der Waals surface area (Å²) < 4.78 is 0. The normalized spacial score (nSPS) is 11.7. The number of allylic oxidation sites excluding steroid dienone is 4. The molecule has 1 atom stereocenters. The summed E-state index contributed by atoms with van der Waals surface area (Å²) in [4.78, 5) is 0. The van der Waals surface area contributed by atoms with Gasteiger partial charge in [-0.2, -0.15) is 6.08 Å². The van der Waals surface area contributed by atoms with Gasteiger partial charge in [-0.1, -0.05) is 29.3 Å². The molecule has 81 valence electrons. The molecule has 0 N–H and O–H groups in total. The molecule has 0 saturated carbocycles. The quantitative estimate of drug-likeness (QED) is 0.392. The predicted octanol–water partition coefficient (Wildman–Crippen LogP) is 3.11. The van der Waals surface area contributed by atoms with Crippen LogP contribution in [0.3, 0.4) is 0 Å². The minimum Gasteiger partial charge on any atom is -0.273 e. The van der Waals surface area contributed by atoms with Gasteiger partial charge in [-0.25, -0.2) is 12.2 Å². The maximum absolute atomic E-state index is 2.99. The summed E-state index contributed by atoms with van der Waals surface area (Å²) in [6.07, 6.45) is 10.0. The summed E-state index contributed by atoms with van der Waals surface area (Å²) >= 11 is 0. The predicted molar refractivity (Wildman–Crippen MR) is 66.8 cm³/mol. The molecule has 2 rings (SSSR count). The molecule has 0 aromatic heterocycles. The number of rotatable bonds is 0. The van der Waals surface area contributed by atoms with E-state index in [1.165, 1.54) is 16.4 Å². The third-order valence-corrected chi connectivity index (χ3v) is 2.16. The van der Waals surface area contributed by atoms with E-state index in [4.69, 9.17) is 0 Å². The molecule has 0 nitrogen and oxygen atoms in total. The maximum atomic E-state index is 2.99. The van der Waals surface area contributed by atoms with Gasteiger partial charge in [0.1, 0.15) is 0 Å². The average Bonchev–Trinajstić information content (AvgIpc) is 2.56. The van der Waals surface area contributed by atoms with Crippen molar-refractivity contribution in [3.05, 3.63) is 53.6 Å². The van der Waals surface area contributed by atoms with E-state index >= 15 is 0 Å². The molecule has 1 aromatic carbocycles. The van der Waals surface area contributed by atoms with Gasteiger partial charge < -0.3 is 0 Å². The first-order valence-corrected chi connectivity index (χ1v) is 5.32. The van der Waals surface area contributed by atoms with E-state index in [9.17, 15) is 0 Å². The third-order valence-electron chi connectivity index (χ3n) is 1.83. The van der Waals surface area contributed by atoms with Gasteiger partial charge in [-0.05, 0) is 19.2 Å². The molecule has 1 radical (unpaired) electrons. The molecule has 1 aliphatic carbocycles. The Morgan fingerprint density at radius 3 is 2.00 bits per heavy atom. The Balaban J connectivity index is 0.000000280. The zero-order valence-electron chi connectivity index (χ0n) is 9.10. The Morgan fingerprint density at radius 1 is 1.13 bits per heavy atom. The second kappa shape index (κ2) is 7.97. The topological polar surface area (TPSA) is 0 Å². The summed E-state index contributed by atoms with van der Waals surface area (Å²) in [5.74, 6) is 0. The molecule has 0 spiro atoms. The number of aryl methyl sites for hydroxylation is 2. The van der Waals surface area contributed by atoms with Crippen LogP contribution in [0.5, 0.6) is 0 Å². The zero-order valence-corrected chi connectivity index (χ0v) is 12.0. The monoisotopic (exact) mass is 305 g/mol. The van der Waals surface area contributed by atoms with E-state index in [1.54, 1.807) is 0 Å². The van der Waals surface area contributed by atoms with Gasteiger partial charge in [0.25, 0.3) is 0 Å². The molecule has 15 heavy (non-hydrogen) atoms. The van der Waals surface area contributed by atoms with Crippen molar-refractivity contribution >= 4 is 14.5 Å². The van der Waals surface area contributed by atoms with Gasteiger partial charge in [0.2, 0.25) is 0 Å². The second-order valence-corrected chi connectivity index (χ2v) is 4.09. The van der Waals surface area contributed by atoms with Crippen LogP contribution in [0.2, 0.25) is 0 Å². The van der Waals surface area contributed by atoms with E-state index in [1.807, 2.05) is 12.2 Å². The van der Waals surface area contributed by atoms with Crippen molar-refractivity contribution in [2.75, 3.05) is 0 Å². The minimum absolute atomic E-state index is 0. The Hall–Kier alpha value is -0.247. The Kier molecular flexibility index (Phi) is 7.84. The molecular formula is C13H16PRu. The standard InChI is InChI=1S/C8H11P.C5H5.Ru/c1-6-3-7(2)5-8(9)4-6;1-2-4-5-3-1;/h3-5H,9H2,1-2H3;1-3H,4H2;/q;-1;+1. The maximum Gasteiger partial charge on any atom is 1.00 e. The fourth-order valence-corrected chi connectivity index (χ4v) is 1.88. The number of hydrogen-bond acceptors (Lipinski definition) is 0. The molecule has 0 heterocycles. The van der Waals surface area contributed by atoms with Gasteiger partial charge in [0.15, 0.2) is 0 Å². The van der Waals surface area contributed by atoms with E-state index in [0.29, 0.717) is 0 Å². The van der Waals surface area contributed by atoms with Gasteiger partial charge in [-0.3, -0.25) is 6.08 Å². The van der Waals surface area contributed by atoms with E-state index in [2.05, 4.69) is 53.4 Å². The number of benzene rings is 1. The smallest absolute Gasteiger partial charge is 0.273 e. The summed E-state index contributed by atoms with van der Waals surface area (Å²) in [7, 11) is 2.70. The van der Waals surface area contributed by atoms with E-state index in [0.717, 1.165) is 6.42 Å². The van der Waals surface area contributed by atoms with E-state index in [-0.39, 0.29) is 19.5 Å². The van der Waals surface area contributed by atoms with Crippen LogP contribution in [-0.2, 0) is 19.5 Å². The fourth-order valence-electron chi connectivity index (χ4n) is 1.35. The first-order valence-electron chi connectivity index (χ1n) is 4.74. The molecule has 0 bridgehead atoms. The summed E-state index contributed by atoms with van der Waals surface area (Å²) in [6, 6.07) is 6.48. The van der Waals surface area contributed by atoms with Crippen molar-refractivity contribution in [1.29, 1.82) is 0 Å². The van der Waals surface area contributed by atoms with Crippen molar-refractivity contribution in [3.8, 4) is 0 Å². The Labute approximate surface area is 108 Å². The molecule has 0 amide bonds. The van der Waals surface area contributed by atoms with Crippen molar-refractivity contribution in [2.45, 2.75) is 20.3 Å². The third kappa shape index (κ3) is 6.77. The Morgan fingerprint density at radius 2 is 1.73 bits per heavy atom. The zero-order chi connectivity index (χ0) is 10.4. The van der Waals surface area contributed by atoms with Crippen LogP contribution in [-0.4, -0.2) is 0 Å². The van der Waals surface area contributed by atoms with Crippen molar-refractivity contribution in [2.24, 2.45) is 0 Å². The van der Waals surface area contributed by atoms with Gasteiger partial charge >= 0.3 is 19.5 Å². The SMILES string of the molecule is Cc1cc(C)cc(P)c1.[C-]1=CC=CC1.[Ru+]. The summed E-state index contributed by atoms with van der Waals surface area (Å²) in [5.41, 5.74) is 2.67. The van der Waals surface area contributed by atoms with Gasteiger partial charge in [0.05, 0.1) is 0 Å². The van der Waals surface area contributed by atoms with Crippen molar-refractivity contribution < 1.29 is 19.5 Å². The van der Waals surface area contributed by atoms with Crippen LogP contribution in [0.25, 0.3) is 0 Å².